The van der Waals surface area contributed by atoms with E-state index < -0.39 is 0 Å². The van der Waals surface area contributed by atoms with Crippen molar-refractivity contribution in [2.75, 3.05) is 6.54 Å². The van der Waals surface area contributed by atoms with E-state index >= 15 is 0 Å². The van der Waals surface area contributed by atoms with Crippen LogP contribution < -0.4 is 10.9 Å². The highest BCUT2D eigenvalue weighted by atomic mass is 19.1. The lowest BCUT2D eigenvalue weighted by atomic mass is 10.1. The molecule has 2 aromatic carbocycles. The van der Waals surface area contributed by atoms with E-state index in [-0.39, 0.29) is 23.8 Å². The highest BCUT2D eigenvalue weighted by Gasteiger charge is 2.14. The molecule has 0 bridgehead atoms. The molecule has 0 aliphatic heterocycles. The van der Waals surface area contributed by atoms with Gasteiger partial charge in [-0.2, -0.15) is 5.10 Å². The summed E-state index contributed by atoms with van der Waals surface area (Å²) in [6.07, 6.45) is 0.711. The van der Waals surface area contributed by atoms with Gasteiger partial charge < -0.3 is 5.32 Å². The van der Waals surface area contributed by atoms with Crippen LogP contribution in [0.25, 0.3) is 16.4 Å². The van der Waals surface area contributed by atoms with Crippen LogP contribution in [-0.2, 0) is 17.8 Å². The number of hydrogen-bond acceptors (Lipinski definition) is 3. The highest BCUT2D eigenvalue weighted by molar-refractivity contribution is 5.87. The Morgan fingerprint density at radius 1 is 1.11 bits per heavy atom. The SMILES string of the molecule is Cc1nn(CC(=O)NCCc2ccccc2)c(=O)c2cc3cc(F)ccc3n12. The van der Waals surface area contributed by atoms with Crippen LogP contribution in [0.3, 0.4) is 0 Å². The molecular weight excluding hydrogens is 359 g/mol. The number of aromatic nitrogens is 3. The summed E-state index contributed by atoms with van der Waals surface area (Å²) < 4.78 is 16.3. The smallest absolute Gasteiger partial charge is 0.291 e. The second kappa shape index (κ2) is 7.26. The van der Waals surface area contributed by atoms with E-state index in [1.165, 1.54) is 12.1 Å². The van der Waals surface area contributed by atoms with Gasteiger partial charge >= 0.3 is 0 Å². The van der Waals surface area contributed by atoms with E-state index in [4.69, 9.17) is 0 Å². The summed E-state index contributed by atoms with van der Waals surface area (Å²) in [6, 6.07) is 15.8. The Hall–Kier alpha value is -3.48. The molecule has 0 saturated carbocycles. The van der Waals surface area contributed by atoms with Crippen molar-refractivity contribution in [3.63, 3.8) is 0 Å². The van der Waals surface area contributed by atoms with Crippen LogP contribution in [0.4, 0.5) is 4.39 Å². The normalized spacial score (nSPS) is 11.2. The maximum absolute atomic E-state index is 13.5. The van der Waals surface area contributed by atoms with E-state index in [0.29, 0.717) is 35.2 Å². The van der Waals surface area contributed by atoms with Crippen molar-refractivity contribution in [2.24, 2.45) is 0 Å². The van der Waals surface area contributed by atoms with Crippen molar-refractivity contribution in [3.8, 4) is 0 Å². The minimum Gasteiger partial charge on any atom is -0.354 e. The van der Waals surface area contributed by atoms with Crippen LogP contribution >= 0.6 is 0 Å². The Kier molecular flexibility index (Phi) is 4.65. The third-order valence-electron chi connectivity index (χ3n) is 4.68. The molecule has 2 heterocycles. The molecule has 0 aliphatic carbocycles. The molecule has 0 aliphatic rings. The van der Waals surface area contributed by atoms with Gasteiger partial charge in [0, 0.05) is 11.9 Å². The summed E-state index contributed by atoms with van der Waals surface area (Å²) in [5, 5.41) is 7.70. The number of halogens is 1. The van der Waals surface area contributed by atoms with E-state index in [1.54, 1.807) is 23.5 Å². The molecule has 0 unspecified atom stereocenters. The second-order valence-corrected chi connectivity index (χ2v) is 6.66. The van der Waals surface area contributed by atoms with Crippen LogP contribution in [0, 0.1) is 12.7 Å². The van der Waals surface area contributed by atoms with Gasteiger partial charge in [-0.15, -0.1) is 0 Å². The van der Waals surface area contributed by atoms with Crippen molar-refractivity contribution >= 4 is 22.3 Å². The fraction of sp³-hybridized carbons (Fsp3) is 0.190. The quantitative estimate of drug-likeness (QED) is 0.580. The van der Waals surface area contributed by atoms with Gasteiger partial charge in [0.05, 0.1) is 5.52 Å². The molecule has 4 aromatic rings. The maximum Gasteiger partial charge on any atom is 0.291 e. The second-order valence-electron chi connectivity index (χ2n) is 6.66. The number of nitrogens with zero attached hydrogens (tertiary/aromatic N) is 3. The minimum atomic E-state index is -0.389. The topological polar surface area (TPSA) is 68.4 Å². The zero-order chi connectivity index (χ0) is 19.7. The number of aryl methyl sites for hydroxylation is 1. The molecule has 1 amide bonds. The Balaban J connectivity index is 1.55. The van der Waals surface area contributed by atoms with Crippen LogP contribution in [0.2, 0.25) is 0 Å². The van der Waals surface area contributed by atoms with Gasteiger partial charge in [0.1, 0.15) is 23.7 Å². The van der Waals surface area contributed by atoms with Gasteiger partial charge in [-0.25, -0.2) is 9.07 Å². The monoisotopic (exact) mass is 378 g/mol. The first-order valence-corrected chi connectivity index (χ1v) is 9.02. The number of rotatable bonds is 5. The van der Waals surface area contributed by atoms with Gasteiger partial charge in [0.15, 0.2) is 0 Å². The predicted molar refractivity (Wildman–Crippen MR) is 105 cm³/mol. The van der Waals surface area contributed by atoms with Gasteiger partial charge in [-0.1, -0.05) is 30.3 Å². The Bertz CT molecular complexity index is 1230. The van der Waals surface area contributed by atoms with Gasteiger partial charge in [0.25, 0.3) is 5.56 Å². The van der Waals surface area contributed by atoms with Crippen LogP contribution in [0.5, 0.6) is 0 Å². The fourth-order valence-electron chi connectivity index (χ4n) is 3.38. The Labute approximate surface area is 160 Å². The van der Waals surface area contributed by atoms with E-state index in [9.17, 15) is 14.0 Å². The zero-order valence-electron chi connectivity index (χ0n) is 15.4. The molecule has 7 heteroatoms. The minimum absolute atomic E-state index is 0.166. The summed E-state index contributed by atoms with van der Waals surface area (Å²) in [5.41, 5.74) is 1.81. The third kappa shape index (κ3) is 3.38. The molecule has 0 fully saturated rings. The molecular formula is C21H19FN4O2. The van der Waals surface area contributed by atoms with Gasteiger partial charge in [-0.3, -0.25) is 14.0 Å². The summed E-state index contributed by atoms with van der Waals surface area (Å²) in [5.74, 6) is -0.100. The first-order chi connectivity index (χ1) is 13.5. The summed E-state index contributed by atoms with van der Waals surface area (Å²) in [7, 11) is 0. The lowest BCUT2D eigenvalue weighted by molar-refractivity contribution is -0.121. The molecule has 0 radical (unpaired) electrons. The number of carbonyl (C=O) groups is 1. The van der Waals surface area contributed by atoms with Crippen molar-refractivity contribution in [2.45, 2.75) is 19.9 Å². The highest BCUT2D eigenvalue weighted by Crippen LogP contribution is 2.20. The van der Waals surface area contributed by atoms with Crippen molar-refractivity contribution < 1.29 is 9.18 Å². The number of benzene rings is 2. The van der Waals surface area contributed by atoms with Crippen LogP contribution in [0.1, 0.15) is 11.4 Å². The zero-order valence-corrected chi connectivity index (χ0v) is 15.4. The summed E-state index contributed by atoms with van der Waals surface area (Å²) in [6.45, 7) is 2.06. The third-order valence-corrected chi connectivity index (χ3v) is 4.68. The van der Waals surface area contributed by atoms with Gasteiger partial charge in [0.2, 0.25) is 5.91 Å². The standard InChI is InChI=1S/C21H19FN4O2/c1-14-24-25(13-20(27)23-10-9-15-5-3-2-4-6-15)21(28)19-12-16-11-17(22)7-8-18(16)26(14)19/h2-8,11-12H,9-10,13H2,1H3,(H,23,27). The number of fused-ring (bicyclic) bond motifs is 3. The van der Waals surface area contributed by atoms with E-state index in [1.807, 2.05) is 30.3 Å². The first kappa shape index (κ1) is 17.9. The van der Waals surface area contributed by atoms with Crippen LogP contribution in [0.15, 0.2) is 59.4 Å². The first-order valence-electron chi connectivity index (χ1n) is 9.02. The molecule has 28 heavy (non-hydrogen) atoms. The number of carbonyl (C=O) groups excluding carboxylic acids is 1. The molecule has 0 saturated heterocycles. The number of hydrogen-bond donors (Lipinski definition) is 1. The molecule has 0 atom stereocenters. The van der Waals surface area contributed by atoms with Gasteiger partial charge in [-0.05, 0) is 43.2 Å². The lowest BCUT2D eigenvalue weighted by Gasteiger charge is -2.09. The van der Waals surface area contributed by atoms with Crippen molar-refractivity contribution in [1.82, 2.24) is 19.5 Å². The lowest BCUT2D eigenvalue weighted by Crippen LogP contribution is -2.35. The average molecular weight is 378 g/mol. The predicted octanol–water partition coefficient (Wildman–Crippen LogP) is 2.46. The molecule has 2 aromatic heterocycles. The Morgan fingerprint density at radius 3 is 2.68 bits per heavy atom. The van der Waals surface area contributed by atoms with Crippen molar-refractivity contribution in [3.05, 3.63) is 82.2 Å². The van der Waals surface area contributed by atoms with Crippen molar-refractivity contribution in [1.29, 1.82) is 0 Å². The molecule has 142 valence electrons. The fourth-order valence-corrected chi connectivity index (χ4v) is 3.38. The van der Waals surface area contributed by atoms with Crippen LogP contribution in [-0.4, -0.2) is 26.6 Å². The molecule has 1 N–H and O–H groups in total. The molecule has 6 nitrogen and oxygen atoms in total. The number of amides is 1. The summed E-state index contributed by atoms with van der Waals surface area (Å²) in [4.78, 5) is 25.0. The van der Waals surface area contributed by atoms with E-state index in [0.717, 1.165) is 10.2 Å². The molecule has 0 spiro atoms. The summed E-state index contributed by atoms with van der Waals surface area (Å²) >= 11 is 0. The maximum atomic E-state index is 13.5. The Morgan fingerprint density at radius 2 is 1.89 bits per heavy atom. The van der Waals surface area contributed by atoms with E-state index in [2.05, 4.69) is 10.4 Å². The molecule has 4 rings (SSSR count). The average Bonchev–Trinajstić information content (AvgIpc) is 3.06. The number of nitrogens with one attached hydrogen (secondary N) is 1. The largest absolute Gasteiger partial charge is 0.354 e.